The minimum absolute atomic E-state index is 0.0430. The number of nitrogens with one attached hydrogen (secondary N) is 1. The number of ketones is 2. The van der Waals surface area contributed by atoms with Crippen molar-refractivity contribution in [2.24, 2.45) is 11.3 Å². The number of carbonyl (C=O) groups excluding carboxylic acids is 3. The maximum Gasteiger partial charge on any atom is 0.225 e. The summed E-state index contributed by atoms with van der Waals surface area (Å²) in [5, 5.41) is 14.9. The van der Waals surface area contributed by atoms with Crippen LogP contribution >= 0.6 is 47.8 Å². The monoisotopic (exact) mass is 673 g/mol. The maximum atomic E-state index is 14.0. The molecule has 1 fully saturated rings. The van der Waals surface area contributed by atoms with Crippen molar-refractivity contribution >= 4 is 71.0 Å². The van der Waals surface area contributed by atoms with Gasteiger partial charge in [-0.3, -0.25) is 14.4 Å². The topological polar surface area (TPSA) is 83.5 Å². The summed E-state index contributed by atoms with van der Waals surface area (Å²) >= 11 is 10.3. The molecule has 184 valence electrons. The Morgan fingerprint density at radius 3 is 2.14 bits per heavy atom. The van der Waals surface area contributed by atoms with Crippen molar-refractivity contribution in [2.75, 3.05) is 5.32 Å². The zero-order valence-corrected chi connectivity index (χ0v) is 23.8. The molecule has 0 saturated heterocycles. The molecule has 5 rings (SSSR count). The Kier molecular flexibility index (Phi) is 6.83. The highest BCUT2D eigenvalue weighted by Gasteiger charge is 2.56. The van der Waals surface area contributed by atoms with Crippen LogP contribution in [-0.4, -0.2) is 22.6 Å². The third kappa shape index (κ3) is 4.53. The van der Waals surface area contributed by atoms with E-state index in [9.17, 15) is 19.5 Å². The summed E-state index contributed by atoms with van der Waals surface area (Å²) in [4.78, 5) is 41.0. The van der Waals surface area contributed by atoms with Gasteiger partial charge in [-0.15, -0.1) is 0 Å². The van der Waals surface area contributed by atoms with Crippen LogP contribution in [0.3, 0.4) is 0 Å². The molecule has 3 aromatic rings. The van der Waals surface area contributed by atoms with E-state index in [1.165, 1.54) is 0 Å². The Balaban J connectivity index is 1.62. The van der Waals surface area contributed by atoms with E-state index in [-0.39, 0.29) is 43.2 Å². The molecule has 0 aromatic heterocycles. The number of fused-ring (bicyclic) bond motifs is 1. The molecule has 5 nitrogen and oxygen atoms in total. The molecule has 0 unspecified atom stereocenters. The summed E-state index contributed by atoms with van der Waals surface area (Å²) < 4.78 is 2.42. The maximum absolute atomic E-state index is 14.0. The lowest BCUT2D eigenvalue weighted by Gasteiger charge is -2.47. The van der Waals surface area contributed by atoms with Crippen LogP contribution in [0.4, 0.5) is 5.69 Å². The van der Waals surface area contributed by atoms with Gasteiger partial charge in [0.25, 0.3) is 0 Å². The molecule has 1 spiro atoms. The van der Waals surface area contributed by atoms with E-state index in [1.807, 2.05) is 12.1 Å². The van der Waals surface area contributed by atoms with Crippen LogP contribution in [0, 0.1) is 11.3 Å². The van der Waals surface area contributed by atoms with Crippen LogP contribution in [0.15, 0.2) is 80.1 Å². The molecular weight excluding hydrogens is 654 g/mol. The van der Waals surface area contributed by atoms with E-state index >= 15 is 0 Å². The first-order valence-corrected chi connectivity index (χ1v) is 13.9. The van der Waals surface area contributed by atoms with Crippen LogP contribution in [0.2, 0.25) is 0 Å². The molecule has 1 amide bonds. The Morgan fingerprint density at radius 2 is 1.47 bits per heavy atom. The number of amides is 1. The second kappa shape index (κ2) is 9.63. The second-order valence-corrected chi connectivity index (χ2v) is 12.3. The predicted octanol–water partition coefficient (Wildman–Crippen LogP) is 7.06. The third-order valence-electron chi connectivity index (χ3n) is 7.43. The molecule has 1 heterocycles. The first-order chi connectivity index (χ1) is 17.1. The van der Waals surface area contributed by atoms with Crippen LogP contribution in [0.25, 0.3) is 0 Å². The summed E-state index contributed by atoms with van der Waals surface area (Å²) in [7, 11) is 0. The van der Waals surface area contributed by atoms with E-state index in [0.717, 1.165) is 13.4 Å². The van der Waals surface area contributed by atoms with E-state index in [2.05, 4.69) is 53.1 Å². The molecule has 0 bridgehead atoms. The standard InChI is InChI=1S/C28H22Br3NO4/c29-18-5-1-16(2-6-18)25(34)22-14-27(11-12-28(22,36)17-3-7-19(30)8-4-17)15-24(33)32-23-10-9-20(31)13-21(23)26(27)35/h1-10,13,22,36H,11-12,14-15H2,(H,32,33)/t22-,27+,28+/m1/s1. The number of benzene rings is 3. The molecule has 2 aliphatic rings. The third-order valence-corrected chi connectivity index (χ3v) is 8.98. The quantitative estimate of drug-likeness (QED) is 0.292. The number of hydrogen-bond acceptors (Lipinski definition) is 4. The van der Waals surface area contributed by atoms with E-state index < -0.39 is 16.9 Å². The number of Topliss-reactive ketones (excluding diaryl/α,β-unsaturated/α-hetero) is 2. The van der Waals surface area contributed by atoms with Gasteiger partial charge in [-0.25, -0.2) is 0 Å². The fraction of sp³-hybridized carbons (Fsp3) is 0.250. The summed E-state index contributed by atoms with van der Waals surface area (Å²) in [6.07, 6.45) is 0.469. The second-order valence-electron chi connectivity index (χ2n) is 9.58. The van der Waals surface area contributed by atoms with Gasteiger partial charge >= 0.3 is 0 Å². The minimum atomic E-state index is -1.49. The summed E-state index contributed by atoms with van der Waals surface area (Å²) in [5.41, 5.74) is -0.643. The zero-order chi connectivity index (χ0) is 25.7. The van der Waals surface area contributed by atoms with Gasteiger partial charge in [-0.1, -0.05) is 72.1 Å². The highest BCUT2D eigenvalue weighted by atomic mass is 79.9. The molecule has 1 aliphatic carbocycles. The van der Waals surface area contributed by atoms with Gasteiger partial charge in [0.1, 0.15) is 0 Å². The van der Waals surface area contributed by atoms with E-state index in [0.29, 0.717) is 22.4 Å². The van der Waals surface area contributed by atoms with Gasteiger partial charge in [0.05, 0.1) is 17.2 Å². The number of hydrogen-bond donors (Lipinski definition) is 2. The molecule has 0 radical (unpaired) electrons. The van der Waals surface area contributed by atoms with Crippen molar-refractivity contribution < 1.29 is 19.5 Å². The smallest absolute Gasteiger partial charge is 0.225 e. The average molecular weight is 676 g/mol. The van der Waals surface area contributed by atoms with Gasteiger partial charge in [0.2, 0.25) is 5.91 Å². The number of carbonyl (C=O) groups is 3. The summed E-state index contributed by atoms with van der Waals surface area (Å²) in [6, 6.07) is 19.4. The number of aliphatic hydroxyl groups is 1. The molecular formula is C28H22Br3NO4. The fourth-order valence-corrected chi connectivity index (χ4v) is 6.41. The van der Waals surface area contributed by atoms with Crippen molar-refractivity contribution in [1.29, 1.82) is 0 Å². The van der Waals surface area contributed by atoms with Crippen molar-refractivity contribution in [3.05, 3.63) is 96.8 Å². The van der Waals surface area contributed by atoms with Crippen molar-refractivity contribution in [2.45, 2.75) is 31.3 Å². The summed E-state index contributed by atoms with van der Waals surface area (Å²) in [6.45, 7) is 0. The molecule has 2 N–H and O–H groups in total. The number of halogens is 3. The van der Waals surface area contributed by atoms with Gasteiger partial charge in [0, 0.05) is 36.4 Å². The van der Waals surface area contributed by atoms with Crippen molar-refractivity contribution in [3.63, 3.8) is 0 Å². The highest BCUT2D eigenvalue weighted by molar-refractivity contribution is 9.11. The SMILES string of the molecule is O=C1C[C@@]2(CC[C@](O)(c3ccc(Br)cc3)[C@@H](C(=O)c3ccc(Br)cc3)C2)C(=O)c2cc(Br)ccc2N1. The van der Waals surface area contributed by atoms with Gasteiger partial charge < -0.3 is 10.4 Å². The van der Waals surface area contributed by atoms with Crippen LogP contribution < -0.4 is 5.32 Å². The number of anilines is 1. The lowest BCUT2D eigenvalue weighted by molar-refractivity contribution is -0.120. The van der Waals surface area contributed by atoms with E-state index in [4.69, 9.17) is 0 Å². The molecule has 3 aromatic carbocycles. The van der Waals surface area contributed by atoms with Crippen LogP contribution in [0.1, 0.15) is 52.0 Å². The lowest BCUT2D eigenvalue weighted by Crippen LogP contribution is -2.51. The molecule has 3 atom stereocenters. The number of rotatable bonds is 3. The molecule has 36 heavy (non-hydrogen) atoms. The van der Waals surface area contributed by atoms with Gasteiger partial charge in [-0.05, 0) is 67.3 Å². The van der Waals surface area contributed by atoms with Gasteiger partial charge in [-0.2, -0.15) is 0 Å². The van der Waals surface area contributed by atoms with Gasteiger partial charge in [0.15, 0.2) is 11.6 Å². The Morgan fingerprint density at radius 1 is 0.861 bits per heavy atom. The highest BCUT2D eigenvalue weighted by Crippen LogP contribution is 2.54. The zero-order valence-electron chi connectivity index (χ0n) is 19.1. The fourth-order valence-electron chi connectivity index (χ4n) is 5.52. The largest absolute Gasteiger partial charge is 0.384 e. The van der Waals surface area contributed by atoms with Crippen molar-refractivity contribution in [3.8, 4) is 0 Å². The Hall–Kier alpha value is -2.13. The Labute approximate surface area is 234 Å². The first-order valence-electron chi connectivity index (χ1n) is 11.5. The van der Waals surface area contributed by atoms with Crippen LogP contribution in [0.5, 0.6) is 0 Å². The molecule has 1 saturated carbocycles. The summed E-state index contributed by atoms with van der Waals surface area (Å²) in [5.74, 6) is -1.62. The Bertz CT molecular complexity index is 1370. The van der Waals surface area contributed by atoms with Crippen LogP contribution in [-0.2, 0) is 10.4 Å². The molecule has 1 aliphatic heterocycles. The average Bonchev–Trinajstić information content (AvgIpc) is 2.95. The van der Waals surface area contributed by atoms with Crippen molar-refractivity contribution in [1.82, 2.24) is 0 Å². The first kappa shape index (κ1) is 25.5. The predicted molar refractivity (Wildman–Crippen MR) is 148 cm³/mol. The normalized spacial score (nSPS) is 25.7. The minimum Gasteiger partial charge on any atom is -0.384 e. The lowest BCUT2D eigenvalue weighted by atomic mass is 9.57. The van der Waals surface area contributed by atoms with E-state index in [1.54, 1.807) is 54.6 Å². The molecule has 8 heteroatoms.